The molecule has 1 aliphatic carbocycles. The normalized spacial score (nSPS) is 23.6. The van der Waals surface area contributed by atoms with Crippen LogP contribution in [0.25, 0.3) is 0 Å². The molecule has 2 atom stereocenters. The number of aliphatic carboxylic acids is 1. The van der Waals surface area contributed by atoms with E-state index in [1.54, 1.807) is 13.2 Å². The molecule has 0 radical (unpaired) electrons. The minimum Gasteiger partial charge on any atom is -0.497 e. The molecule has 0 saturated carbocycles. The third-order valence-corrected chi connectivity index (χ3v) is 3.13. The van der Waals surface area contributed by atoms with Crippen molar-refractivity contribution in [3.05, 3.63) is 29.3 Å². The minimum absolute atomic E-state index is 0.0827. The van der Waals surface area contributed by atoms with Gasteiger partial charge in [0.15, 0.2) is 0 Å². The van der Waals surface area contributed by atoms with Crippen molar-refractivity contribution >= 4 is 5.97 Å². The fraction of sp³-hybridized carbons (Fsp3) is 0.417. The lowest BCUT2D eigenvalue weighted by Gasteiger charge is -2.27. The van der Waals surface area contributed by atoms with Crippen molar-refractivity contribution < 1.29 is 14.6 Å². The van der Waals surface area contributed by atoms with Crippen molar-refractivity contribution in [2.45, 2.75) is 24.8 Å². The first-order valence-electron chi connectivity index (χ1n) is 5.29. The highest BCUT2D eigenvalue weighted by molar-refractivity contribution is 5.77. The molecule has 0 heterocycles. The number of nitrogens with two attached hydrogens (primary N) is 1. The van der Waals surface area contributed by atoms with Crippen LogP contribution >= 0.6 is 0 Å². The number of hydrogen-bond donors (Lipinski definition) is 2. The van der Waals surface area contributed by atoms with Crippen molar-refractivity contribution in [1.82, 2.24) is 0 Å². The zero-order valence-corrected chi connectivity index (χ0v) is 9.14. The van der Waals surface area contributed by atoms with Crippen LogP contribution in [0.15, 0.2) is 18.2 Å². The van der Waals surface area contributed by atoms with E-state index in [1.807, 2.05) is 12.1 Å². The summed E-state index contributed by atoms with van der Waals surface area (Å²) < 4.78 is 5.12. The second kappa shape index (κ2) is 4.14. The smallest absolute Gasteiger partial charge is 0.310 e. The number of methoxy groups -OCH3 is 1. The highest BCUT2D eigenvalue weighted by atomic mass is 16.5. The van der Waals surface area contributed by atoms with Gasteiger partial charge in [0.25, 0.3) is 0 Å². The van der Waals surface area contributed by atoms with Gasteiger partial charge in [-0.25, -0.2) is 0 Å². The number of fused-ring (bicyclic) bond motifs is 1. The maximum Gasteiger partial charge on any atom is 0.310 e. The average molecular weight is 221 g/mol. The van der Waals surface area contributed by atoms with Crippen molar-refractivity contribution in [3.63, 3.8) is 0 Å². The van der Waals surface area contributed by atoms with Gasteiger partial charge in [0.2, 0.25) is 0 Å². The fourth-order valence-corrected chi connectivity index (χ4v) is 2.23. The molecule has 0 saturated heterocycles. The van der Waals surface area contributed by atoms with E-state index >= 15 is 0 Å². The van der Waals surface area contributed by atoms with Gasteiger partial charge < -0.3 is 15.6 Å². The lowest BCUT2D eigenvalue weighted by molar-refractivity contribution is -0.139. The molecule has 0 bridgehead atoms. The molecule has 1 aromatic carbocycles. The summed E-state index contributed by atoms with van der Waals surface area (Å²) in [5, 5.41) is 9.13. The van der Waals surface area contributed by atoms with Gasteiger partial charge in [-0.1, -0.05) is 6.07 Å². The van der Waals surface area contributed by atoms with Crippen LogP contribution in [0, 0.1) is 0 Å². The maximum absolute atomic E-state index is 11.1. The second-order valence-corrected chi connectivity index (χ2v) is 4.07. The van der Waals surface area contributed by atoms with E-state index in [9.17, 15) is 4.79 Å². The summed E-state index contributed by atoms with van der Waals surface area (Å²) in [4.78, 5) is 11.1. The summed E-state index contributed by atoms with van der Waals surface area (Å²) in [5.41, 5.74) is 7.71. The molecule has 2 rings (SSSR count). The average Bonchev–Trinajstić information content (AvgIpc) is 2.29. The first-order chi connectivity index (χ1) is 7.63. The van der Waals surface area contributed by atoms with Crippen molar-refractivity contribution in [1.29, 1.82) is 0 Å². The number of ether oxygens (including phenoxy) is 1. The number of benzene rings is 1. The highest BCUT2D eigenvalue weighted by Gasteiger charge is 2.29. The molecule has 0 amide bonds. The van der Waals surface area contributed by atoms with Crippen LogP contribution in [0.1, 0.15) is 35.9 Å². The van der Waals surface area contributed by atoms with Crippen molar-refractivity contribution in [2.24, 2.45) is 5.73 Å². The van der Waals surface area contributed by atoms with Gasteiger partial charge in [0, 0.05) is 6.04 Å². The molecule has 16 heavy (non-hydrogen) atoms. The molecule has 2 unspecified atom stereocenters. The Bertz CT molecular complexity index is 417. The van der Waals surface area contributed by atoms with Gasteiger partial charge in [-0.05, 0) is 36.1 Å². The summed E-state index contributed by atoms with van der Waals surface area (Å²) in [5.74, 6) is -0.487. The molecule has 0 spiro atoms. The van der Waals surface area contributed by atoms with Crippen LogP contribution in [-0.2, 0) is 4.79 Å². The quantitative estimate of drug-likeness (QED) is 0.796. The fourth-order valence-electron chi connectivity index (χ4n) is 2.23. The van der Waals surface area contributed by atoms with Crippen LogP contribution in [0.5, 0.6) is 5.75 Å². The minimum atomic E-state index is -0.779. The molecule has 0 aliphatic heterocycles. The predicted octanol–water partition coefficient (Wildman–Crippen LogP) is 1.66. The maximum atomic E-state index is 11.1. The third kappa shape index (κ3) is 1.76. The van der Waals surface area contributed by atoms with Gasteiger partial charge in [-0.2, -0.15) is 0 Å². The zero-order chi connectivity index (χ0) is 11.7. The molecular formula is C12H15NO3. The Morgan fingerprint density at radius 3 is 2.81 bits per heavy atom. The monoisotopic (exact) mass is 221 g/mol. The molecule has 4 nitrogen and oxygen atoms in total. The van der Waals surface area contributed by atoms with Crippen LogP contribution in [-0.4, -0.2) is 18.2 Å². The first kappa shape index (κ1) is 11.0. The van der Waals surface area contributed by atoms with Gasteiger partial charge in [0.1, 0.15) is 5.75 Å². The Labute approximate surface area is 94.0 Å². The zero-order valence-electron chi connectivity index (χ0n) is 9.14. The SMILES string of the molecule is COc1ccc2c(c1)C(N)CCC2C(=O)O. The summed E-state index contributed by atoms with van der Waals surface area (Å²) in [7, 11) is 1.59. The van der Waals surface area contributed by atoms with Crippen LogP contribution in [0.2, 0.25) is 0 Å². The van der Waals surface area contributed by atoms with Crippen molar-refractivity contribution in [2.75, 3.05) is 7.11 Å². The Morgan fingerprint density at radius 2 is 2.19 bits per heavy atom. The summed E-state index contributed by atoms with van der Waals surface area (Å²) >= 11 is 0. The lowest BCUT2D eigenvalue weighted by Crippen LogP contribution is -2.24. The first-order valence-corrected chi connectivity index (χ1v) is 5.29. The molecule has 0 aromatic heterocycles. The molecular weight excluding hydrogens is 206 g/mol. The predicted molar refractivity (Wildman–Crippen MR) is 59.5 cm³/mol. The summed E-state index contributed by atoms with van der Waals surface area (Å²) in [6, 6.07) is 5.36. The van der Waals surface area contributed by atoms with E-state index in [4.69, 9.17) is 15.6 Å². The standard InChI is InChI=1S/C12H15NO3/c1-16-7-2-3-8-9(12(14)15)4-5-11(13)10(8)6-7/h2-3,6,9,11H,4-5,13H2,1H3,(H,14,15). The van der Waals surface area contributed by atoms with Gasteiger partial charge in [0.05, 0.1) is 13.0 Å². The number of hydrogen-bond acceptors (Lipinski definition) is 3. The van der Waals surface area contributed by atoms with Gasteiger partial charge >= 0.3 is 5.97 Å². The molecule has 4 heteroatoms. The topological polar surface area (TPSA) is 72.5 Å². The van der Waals surface area contributed by atoms with Gasteiger partial charge in [-0.3, -0.25) is 4.79 Å². The van der Waals surface area contributed by atoms with E-state index in [0.29, 0.717) is 12.8 Å². The lowest BCUT2D eigenvalue weighted by atomic mass is 9.80. The third-order valence-electron chi connectivity index (χ3n) is 3.13. The van der Waals surface area contributed by atoms with Crippen LogP contribution < -0.4 is 10.5 Å². The Balaban J connectivity index is 2.47. The van der Waals surface area contributed by atoms with E-state index in [1.165, 1.54) is 0 Å². The Kier molecular flexibility index (Phi) is 2.83. The largest absolute Gasteiger partial charge is 0.497 e. The van der Waals surface area contributed by atoms with E-state index in [2.05, 4.69) is 0 Å². The van der Waals surface area contributed by atoms with E-state index in [-0.39, 0.29) is 6.04 Å². The summed E-state index contributed by atoms with van der Waals surface area (Å²) in [6.45, 7) is 0. The van der Waals surface area contributed by atoms with Gasteiger partial charge in [-0.15, -0.1) is 0 Å². The number of carboxylic acids is 1. The van der Waals surface area contributed by atoms with E-state index < -0.39 is 11.9 Å². The van der Waals surface area contributed by atoms with E-state index in [0.717, 1.165) is 16.9 Å². The number of carboxylic acid groups (broad SMARTS) is 1. The van der Waals surface area contributed by atoms with Crippen LogP contribution in [0.4, 0.5) is 0 Å². The van der Waals surface area contributed by atoms with Crippen LogP contribution in [0.3, 0.4) is 0 Å². The highest BCUT2D eigenvalue weighted by Crippen LogP contribution is 2.38. The molecule has 86 valence electrons. The Hall–Kier alpha value is -1.55. The molecule has 0 fully saturated rings. The number of rotatable bonds is 2. The number of carbonyl (C=O) groups is 1. The second-order valence-electron chi connectivity index (χ2n) is 4.07. The Morgan fingerprint density at radius 1 is 1.44 bits per heavy atom. The molecule has 3 N–H and O–H groups in total. The molecule has 1 aliphatic rings. The molecule has 1 aromatic rings. The summed E-state index contributed by atoms with van der Waals surface area (Å²) in [6.07, 6.45) is 1.31. The van der Waals surface area contributed by atoms with Crippen molar-refractivity contribution in [3.8, 4) is 5.75 Å².